The van der Waals surface area contributed by atoms with Gasteiger partial charge in [0, 0.05) is 40.6 Å². The maximum atomic E-state index is 12.2. The lowest BCUT2D eigenvalue weighted by molar-refractivity contribution is -0.376. The number of allylic oxidation sites excluding steroid dienone is 1. The van der Waals surface area contributed by atoms with Crippen LogP contribution >= 0.6 is 0 Å². The fourth-order valence-electron chi connectivity index (χ4n) is 15.7. The molecule has 5 heterocycles. The summed E-state index contributed by atoms with van der Waals surface area (Å²) in [4.78, 5) is 12.1. The molecule has 25 heteroatoms. The number of methoxy groups -OCH3 is 3. The Hall–Kier alpha value is -1.71. The van der Waals surface area contributed by atoms with Crippen LogP contribution in [0.3, 0.4) is 0 Å². The van der Waals surface area contributed by atoms with Crippen molar-refractivity contribution in [3.63, 3.8) is 0 Å². The third-order valence-electron chi connectivity index (χ3n) is 20.2. The number of esters is 1. The summed E-state index contributed by atoms with van der Waals surface area (Å²) in [7, 11) is 4.40. The number of aliphatic hydroxyl groups is 10. The summed E-state index contributed by atoms with van der Waals surface area (Å²) in [6, 6.07) is 0. The van der Waals surface area contributed by atoms with Crippen LogP contribution in [0.5, 0.6) is 0 Å². The van der Waals surface area contributed by atoms with Gasteiger partial charge in [0.2, 0.25) is 0 Å². The van der Waals surface area contributed by atoms with E-state index in [4.69, 9.17) is 66.3 Å². The molecule has 9 aliphatic rings. The van der Waals surface area contributed by atoms with Crippen molar-refractivity contribution in [2.75, 3.05) is 34.5 Å². The first-order valence-corrected chi connectivity index (χ1v) is 29.1. The van der Waals surface area contributed by atoms with Crippen molar-refractivity contribution < 1.29 is 122 Å². The minimum Gasteiger partial charge on any atom is -0.454 e. The minimum atomic E-state index is -1.85. The highest BCUT2D eigenvalue weighted by Gasteiger charge is 2.63. The number of hydrogen-bond donors (Lipinski definition) is 10. The third kappa shape index (κ3) is 12.3. The average Bonchev–Trinajstić information content (AvgIpc) is 3.83. The fourth-order valence-corrected chi connectivity index (χ4v) is 15.7. The molecule has 5 aliphatic heterocycles. The Morgan fingerprint density at radius 3 is 1.90 bits per heavy atom. The first kappa shape index (κ1) is 63.8. The van der Waals surface area contributed by atoms with Crippen LogP contribution in [0.2, 0.25) is 0 Å². The van der Waals surface area contributed by atoms with Gasteiger partial charge < -0.3 is 117 Å². The standard InChI is InChI=1S/C56H92O25/c1-22(73-53-50(48(70-10)39(61)23(2)74-53)81-52-45(67)43(65)41(63)35(79-52)21-71-51-44(66)42(64)40(62)34(20-57)78-51)37-32(59)18-31-29-12-11-27-17-28(13-15-55(27,6)30(29)14-16-56(31,37)7)77-36-19-33(68-8)46(25(4)72-36)80-54-49(76-26(5)58)47(69-9)38(60)24(3)75-54/h11,22-25,28-54,57,59-67H,12-21H2,1-10H3/t22-,23+,24+,25+,28-,29+,30-,31-,32-,33-,34+,35+,36-,37-,38-,39-,40+,41+,42-,43-,44+,45+,46+,47-,48-,49+,50+,51+,52-,53+,54-,55-,56-/m0/s1. The summed E-state index contributed by atoms with van der Waals surface area (Å²) in [5.74, 6) is -0.0959. The lowest BCUT2D eigenvalue weighted by atomic mass is 9.47. The summed E-state index contributed by atoms with van der Waals surface area (Å²) < 4.78 is 85.0. The quantitative estimate of drug-likeness (QED) is 0.0620. The topological polar surface area (TPSA) is 349 Å². The smallest absolute Gasteiger partial charge is 0.303 e. The molecule has 8 fully saturated rings. The Balaban J connectivity index is 0.831. The highest BCUT2D eigenvalue weighted by Crippen LogP contribution is 2.67. The van der Waals surface area contributed by atoms with E-state index in [-0.39, 0.29) is 28.8 Å². The van der Waals surface area contributed by atoms with E-state index >= 15 is 0 Å². The molecule has 466 valence electrons. The highest BCUT2D eigenvalue weighted by molar-refractivity contribution is 5.66. The molecule has 0 bridgehead atoms. The number of rotatable bonds is 17. The maximum Gasteiger partial charge on any atom is 0.303 e. The Labute approximate surface area is 473 Å². The summed E-state index contributed by atoms with van der Waals surface area (Å²) in [6.45, 7) is 11.7. The summed E-state index contributed by atoms with van der Waals surface area (Å²) in [5, 5.41) is 108. The molecule has 0 radical (unpaired) electrons. The van der Waals surface area contributed by atoms with Crippen LogP contribution in [0.15, 0.2) is 11.6 Å². The van der Waals surface area contributed by atoms with Gasteiger partial charge in [0.05, 0.1) is 55.9 Å². The molecule has 0 aromatic carbocycles. The summed E-state index contributed by atoms with van der Waals surface area (Å²) in [5.41, 5.74) is 0.949. The molecule has 5 saturated heterocycles. The molecule has 4 aliphatic carbocycles. The van der Waals surface area contributed by atoms with Gasteiger partial charge in [-0.25, -0.2) is 0 Å². The summed E-state index contributed by atoms with van der Waals surface area (Å²) in [6.07, 6.45) is -22.1. The Kier molecular flexibility index (Phi) is 20.4. The lowest BCUT2D eigenvalue weighted by Gasteiger charge is -2.58. The van der Waals surface area contributed by atoms with E-state index in [0.29, 0.717) is 24.7 Å². The molecule has 0 spiro atoms. The second-order valence-corrected chi connectivity index (χ2v) is 24.9. The number of aliphatic hydroxyl groups excluding tert-OH is 10. The van der Waals surface area contributed by atoms with Crippen molar-refractivity contribution in [3.05, 3.63) is 11.6 Å². The number of ether oxygens (including phenoxy) is 14. The fraction of sp³-hybridized carbons (Fsp3) is 0.946. The van der Waals surface area contributed by atoms with Gasteiger partial charge in [-0.05, 0) is 101 Å². The second-order valence-electron chi connectivity index (χ2n) is 24.9. The van der Waals surface area contributed by atoms with Gasteiger partial charge in [-0.3, -0.25) is 4.79 Å². The van der Waals surface area contributed by atoms with Crippen molar-refractivity contribution in [1.82, 2.24) is 0 Å². The monoisotopic (exact) mass is 1160 g/mol. The number of carbonyl (C=O) groups is 1. The molecule has 81 heavy (non-hydrogen) atoms. The Bertz CT molecular complexity index is 2110. The SMILES string of the molecule is CO[C@H]1[C@@H](O)[C@@H](C)O[C@@H](O[C@H]2[C@@H](OC)C[C@H](O[C@H]3CC[C@@]4(C)C(=CC[C@H]5[C@@H]6C[C@H](O)[C@H]([C@H](C)O[C@@H]7O[C@H](C)[C@H](O)[C@H](OC)[C@H]7O[C@@H]7O[C@H](CO[C@@H]8O[C@H](CO)[C@@H](O)[C@H](O)[C@H]8O)[C@@H](O)[C@H](O)[C@H]7O)[C@@]6(C)CC[C@@H]54)C3)O[C@@H]2C)[C@@H]1OC(C)=O. The number of fused-ring (bicyclic) bond motifs is 5. The third-order valence-corrected chi connectivity index (χ3v) is 20.2. The van der Waals surface area contributed by atoms with Crippen molar-refractivity contribution >= 4 is 5.97 Å². The van der Waals surface area contributed by atoms with Crippen LogP contribution < -0.4 is 0 Å². The number of hydrogen-bond acceptors (Lipinski definition) is 25. The van der Waals surface area contributed by atoms with Crippen molar-refractivity contribution in [1.29, 1.82) is 0 Å². The first-order chi connectivity index (χ1) is 38.4. The zero-order valence-corrected chi connectivity index (χ0v) is 48.1. The Morgan fingerprint density at radius 1 is 0.642 bits per heavy atom. The average molecular weight is 1170 g/mol. The maximum absolute atomic E-state index is 12.2. The lowest BCUT2D eigenvalue weighted by Crippen LogP contribution is -2.65. The van der Waals surface area contributed by atoms with Gasteiger partial charge in [0.1, 0.15) is 85.5 Å². The van der Waals surface area contributed by atoms with Gasteiger partial charge in [-0.2, -0.15) is 0 Å². The van der Waals surface area contributed by atoms with Crippen LogP contribution in [0.1, 0.15) is 99.8 Å². The van der Waals surface area contributed by atoms with Crippen molar-refractivity contribution in [2.45, 2.75) is 266 Å². The largest absolute Gasteiger partial charge is 0.454 e. The van der Waals surface area contributed by atoms with E-state index in [0.717, 1.165) is 38.5 Å². The van der Waals surface area contributed by atoms with Crippen molar-refractivity contribution in [2.24, 2.45) is 34.5 Å². The van der Waals surface area contributed by atoms with E-state index in [1.807, 2.05) is 13.8 Å². The number of carbonyl (C=O) groups excluding carboxylic acids is 1. The van der Waals surface area contributed by atoms with Crippen LogP contribution in [-0.4, -0.2) is 257 Å². The molecule has 10 N–H and O–H groups in total. The molecular weight excluding hydrogens is 1070 g/mol. The zero-order chi connectivity index (χ0) is 58.7. The van der Waals surface area contributed by atoms with E-state index < -0.39 is 179 Å². The van der Waals surface area contributed by atoms with Crippen LogP contribution in [0, 0.1) is 34.5 Å². The van der Waals surface area contributed by atoms with E-state index in [9.17, 15) is 55.9 Å². The van der Waals surface area contributed by atoms with Gasteiger partial charge >= 0.3 is 5.97 Å². The van der Waals surface area contributed by atoms with Gasteiger partial charge in [-0.1, -0.05) is 25.5 Å². The molecule has 0 unspecified atom stereocenters. The summed E-state index contributed by atoms with van der Waals surface area (Å²) >= 11 is 0. The molecule has 0 aromatic rings. The molecule has 9 rings (SSSR count). The zero-order valence-electron chi connectivity index (χ0n) is 48.1. The molecular formula is C56H92O25. The van der Waals surface area contributed by atoms with Crippen LogP contribution in [0.4, 0.5) is 0 Å². The molecule has 0 amide bonds. The molecule has 3 saturated carbocycles. The highest BCUT2D eigenvalue weighted by atomic mass is 16.8. The van der Waals surface area contributed by atoms with Gasteiger partial charge in [0.15, 0.2) is 37.6 Å². The second kappa shape index (κ2) is 25.9. The van der Waals surface area contributed by atoms with Crippen molar-refractivity contribution in [3.8, 4) is 0 Å². The molecule has 25 nitrogen and oxygen atoms in total. The predicted molar refractivity (Wildman–Crippen MR) is 276 cm³/mol. The minimum absolute atomic E-state index is 0.0830. The first-order valence-electron chi connectivity index (χ1n) is 29.1. The van der Waals surface area contributed by atoms with E-state index in [1.54, 1.807) is 21.0 Å². The normalized spacial score (nSPS) is 52.5. The van der Waals surface area contributed by atoms with Gasteiger partial charge in [0.25, 0.3) is 0 Å². The molecule has 33 atom stereocenters. The Morgan fingerprint density at radius 2 is 1.26 bits per heavy atom. The van der Waals surface area contributed by atoms with Crippen LogP contribution in [-0.2, 0) is 71.1 Å². The van der Waals surface area contributed by atoms with Crippen LogP contribution in [0.25, 0.3) is 0 Å². The predicted octanol–water partition coefficient (Wildman–Crippen LogP) is -0.956. The molecule has 0 aromatic heterocycles. The van der Waals surface area contributed by atoms with E-state index in [1.165, 1.54) is 26.7 Å². The van der Waals surface area contributed by atoms with Gasteiger partial charge in [-0.15, -0.1) is 0 Å². The van der Waals surface area contributed by atoms with E-state index in [2.05, 4.69) is 19.9 Å².